The molecule has 0 fully saturated rings. The van der Waals surface area contributed by atoms with E-state index in [0.717, 1.165) is 16.9 Å². The number of hydrogen-bond donors (Lipinski definition) is 1. The van der Waals surface area contributed by atoms with E-state index in [1.165, 1.54) is 0 Å². The fraction of sp³-hybridized carbons (Fsp3) is 0.429. The first kappa shape index (κ1) is 12.0. The van der Waals surface area contributed by atoms with Crippen LogP contribution in [0.3, 0.4) is 0 Å². The predicted octanol–water partition coefficient (Wildman–Crippen LogP) is 2.93. The Balaban J connectivity index is 2.51. The smallest absolute Gasteiger partial charge is 0.131 e. The Kier molecular flexibility index (Phi) is 2.87. The van der Waals surface area contributed by atoms with Gasteiger partial charge in [0.1, 0.15) is 17.1 Å². The zero-order valence-electron chi connectivity index (χ0n) is 10.7. The second kappa shape index (κ2) is 4.08. The van der Waals surface area contributed by atoms with Gasteiger partial charge < -0.3 is 14.6 Å². The largest absolute Gasteiger partial charge is 0.496 e. The van der Waals surface area contributed by atoms with Crippen molar-refractivity contribution in [3.63, 3.8) is 0 Å². The minimum Gasteiger partial charge on any atom is -0.496 e. The molecule has 1 aliphatic heterocycles. The lowest BCUT2D eigenvalue weighted by atomic mass is 9.99. The van der Waals surface area contributed by atoms with E-state index in [9.17, 15) is 5.11 Å². The molecule has 0 aliphatic carbocycles. The van der Waals surface area contributed by atoms with Crippen molar-refractivity contribution in [2.45, 2.75) is 32.5 Å². The van der Waals surface area contributed by atoms with Crippen molar-refractivity contribution < 1.29 is 14.6 Å². The minimum atomic E-state index is -0.557. The van der Waals surface area contributed by atoms with E-state index in [0.29, 0.717) is 5.75 Å². The number of methoxy groups -OCH3 is 1. The highest BCUT2D eigenvalue weighted by Gasteiger charge is 2.23. The van der Waals surface area contributed by atoms with Gasteiger partial charge in [-0.2, -0.15) is 0 Å². The number of benzene rings is 1. The van der Waals surface area contributed by atoms with Crippen LogP contribution in [0, 0.1) is 0 Å². The first-order chi connectivity index (χ1) is 7.93. The van der Waals surface area contributed by atoms with Gasteiger partial charge in [0.15, 0.2) is 0 Å². The first-order valence-corrected chi connectivity index (χ1v) is 5.71. The van der Waals surface area contributed by atoms with E-state index < -0.39 is 6.10 Å². The van der Waals surface area contributed by atoms with Crippen LogP contribution >= 0.6 is 0 Å². The summed E-state index contributed by atoms with van der Waals surface area (Å²) in [5, 5.41) is 9.69. The summed E-state index contributed by atoms with van der Waals surface area (Å²) in [6.45, 7) is 5.73. The Hall–Kier alpha value is -1.48. The summed E-state index contributed by atoms with van der Waals surface area (Å²) < 4.78 is 11.1. The van der Waals surface area contributed by atoms with Gasteiger partial charge in [-0.25, -0.2) is 0 Å². The molecule has 3 nitrogen and oxygen atoms in total. The SMILES string of the molecule is COc1cc2c(cc1[C@@H](C)O)C=CC(C)(C)O2. The number of hydrogen-bond acceptors (Lipinski definition) is 3. The lowest BCUT2D eigenvalue weighted by Crippen LogP contribution is -2.27. The van der Waals surface area contributed by atoms with Crippen molar-refractivity contribution in [2.75, 3.05) is 7.11 Å². The Bertz CT molecular complexity index is 459. The number of aliphatic hydroxyl groups excluding tert-OH is 1. The molecule has 0 unspecified atom stereocenters. The summed E-state index contributed by atoms with van der Waals surface area (Å²) in [5.41, 5.74) is 1.45. The summed E-state index contributed by atoms with van der Waals surface area (Å²) in [6.07, 6.45) is 3.47. The lowest BCUT2D eigenvalue weighted by molar-refractivity contribution is 0.157. The summed E-state index contributed by atoms with van der Waals surface area (Å²) in [5.74, 6) is 1.45. The van der Waals surface area contributed by atoms with Crippen LogP contribution in [0.5, 0.6) is 11.5 Å². The van der Waals surface area contributed by atoms with Crippen molar-refractivity contribution in [1.82, 2.24) is 0 Å². The van der Waals surface area contributed by atoms with Crippen LogP contribution in [0.25, 0.3) is 6.08 Å². The lowest BCUT2D eigenvalue weighted by Gasteiger charge is -2.28. The van der Waals surface area contributed by atoms with Crippen LogP contribution in [-0.4, -0.2) is 17.8 Å². The van der Waals surface area contributed by atoms with Gasteiger partial charge in [0, 0.05) is 17.2 Å². The third-order valence-corrected chi connectivity index (χ3v) is 2.85. The van der Waals surface area contributed by atoms with Gasteiger partial charge in [-0.1, -0.05) is 6.08 Å². The topological polar surface area (TPSA) is 38.7 Å². The van der Waals surface area contributed by atoms with E-state index >= 15 is 0 Å². The van der Waals surface area contributed by atoms with Crippen LogP contribution in [0.1, 0.15) is 38.0 Å². The number of aliphatic hydroxyl groups is 1. The zero-order chi connectivity index (χ0) is 12.6. The van der Waals surface area contributed by atoms with Gasteiger partial charge in [0.2, 0.25) is 0 Å². The predicted molar refractivity (Wildman–Crippen MR) is 67.4 cm³/mol. The molecule has 92 valence electrons. The van der Waals surface area contributed by atoms with Crippen LogP contribution < -0.4 is 9.47 Å². The Labute approximate surface area is 102 Å². The first-order valence-electron chi connectivity index (χ1n) is 5.71. The van der Waals surface area contributed by atoms with Gasteiger partial charge in [-0.05, 0) is 32.9 Å². The second-order valence-corrected chi connectivity index (χ2v) is 4.85. The molecule has 1 aliphatic rings. The molecule has 1 atom stereocenters. The summed E-state index contributed by atoms with van der Waals surface area (Å²) >= 11 is 0. The van der Waals surface area contributed by atoms with Crippen LogP contribution in [-0.2, 0) is 0 Å². The molecular formula is C14H18O3. The third kappa shape index (κ3) is 2.29. The average molecular weight is 234 g/mol. The maximum atomic E-state index is 9.69. The minimum absolute atomic E-state index is 0.301. The van der Waals surface area contributed by atoms with E-state index in [1.54, 1.807) is 14.0 Å². The maximum Gasteiger partial charge on any atom is 0.131 e. The normalized spacial score (nSPS) is 18.2. The molecule has 0 aromatic heterocycles. The third-order valence-electron chi connectivity index (χ3n) is 2.85. The second-order valence-electron chi connectivity index (χ2n) is 4.85. The van der Waals surface area contributed by atoms with E-state index in [4.69, 9.17) is 9.47 Å². The molecule has 3 heteroatoms. The highest BCUT2D eigenvalue weighted by atomic mass is 16.5. The standard InChI is InChI=1S/C14H18O3/c1-9(15)11-7-10-5-6-14(2,3)17-12(10)8-13(11)16-4/h5-9,15H,1-4H3/t9-/m1/s1. The molecule has 0 amide bonds. The van der Waals surface area contributed by atoms with Gasteiger partial charge in [-0.3, -0.25) is 0 Å². The summed E-state index contributed by atoms with van der Waals surface area (Å²) in [6, 6.07) is 3.74. The van der Waals surface area contributed by atoms with Crippen LogP contribution in [0.4, 0.5) is 0 Å². The van der Waals surface area contributed by atoms with E-state index in [-0.39, 0.29) is 5.60 Å². The van der Waals surface area contributed by atoms with Crippen molar-refractivity contribution in [3.8, 4) is 11.5 Å². The highest BCUT2D eigenvalue weighted by molar-refractivity contribution is 5.64. The van der Waals surface area contributed by atoms with Crippen LogP contribution in [0.2, 0.25) is 0 Å². The van der Waals surface area contributed by atoms with Gasteiger partial charge >= 0.3 is 0 Å². The number of rotatable bonds is 2. The van der Waals surface area contributed by atoms with Gasteiger partial charge in [0.05, 0.1) is 13.2 Å². The van der Waals surface area contributed by atoms with Crippen molar-refractivity contribution in [2.24, 2.45) is 0 Å². The summed E-state index contributed by atoms with van der Waals surface area (Å²) in [4.78, 5) is 0. The highest BCUT2D eigenvalue weighted by Crippen LogP contribution is 2.37. The molecule has 0 spiro atoms. The molecule has 1 N–H and O–H groups in total. The van der Waals surface area contributed by atoms with Crippen LogP contribution in [0.15, 0.2) is 18.2 Å². The monoisotopic (exact) mass is 234 g/mol. The molecule has 1 aromatic rings. The number of ether oxygens (including phenoxy) is 2. The van der Waals surface area contributed by atoms with Crippen molar-refractivity contribution in [1.29, 1.82) is 0 Å². The Morgan fingerprint density at radius 1 is 1.35 bits per heavy atom. The number of fused-ring (bicyclic) bond motifs is 1. The fourth-order valence-corrected chi connectivity index (χ4v) is 1.93. The average Bonchev–Trinajstić information content (AvgIpc) is 2.25. The molecule has 1 aromatic carbocycles. The molecule has 0 saturated heterocycles. The zero-order valence-corrected chi connectivity index (χ0v) is 10.7. The molecule has 1 heterocycles. The van der Waals surface area contributed by atoms with E-state index in [1.807, 2.05) is 38.1 Å². The maximum absolute atomic E-state index is 9.69. The molecule has 0 saturated carbocycles. The molecular weight excluding hydrogens is 216 g/mol. The molecule has 0 radical (unpaired) electrons. The quantitative estimate of drug-likeness (QED) is 0.855. The molecule has 0 bridgehead atoms. The Morgan fingerprint density at radius 3 is 2.65 bits per heavy atom. The fourth-order valence-electron chi connectivity index (χ4n) is 1.93. The van der Waals surface area contributed by atoms with Crippen molar-refractivity contribution in [3.05, 3.63) is 29.3 Å². The Morgan fingerprint density at radius 2 is 2.06 bits per heavy atom. The molecule has 2 rings (SSSR count). The van der Waals surface area contributed by atoms with Crippen molar-refractivity contribution >= 4 is 6.08 Å². The summed E-state index contributed by atoms with van der Waals surface area (Å²) in [7, 11) is 1.59. The van der Waals surface area contributed by atoms with E-state index in [2.05, 4.69) is 0 Å². The molecule has 17 heavy (non-hydrogen) atoms. The van der Waals surface area contributed by atoms with Gasteiger partial charge in [-0.15, -0.1) is 0 Å². The van der Waals surface area contributed by atoms with Gasteiger partial charge in [0.25, 0.3) is 0 Å².